The highest BCUT2D eigenvalue weighted by atomic mass is 32.1. The van der Waals surface area contributed by atoms with E-state index in [1.165, 1.54) is 23.5 Å². The predicted molar refractivity (Wildman–Crippen MR) is 79.5 cm³/mol. The molecule has 0 aromatic carbocycles. The fourth-order valence-corrected chi connectivity index (χ4v) is 3.68. The van der Waals surface area contributed by atoms with E-state index < -0.39 is 0 Å². The molecule has 0 spiro atoms. The summed E-state index contributed by atoms with van der Waals surface area (Å²) in [5, 5.41) is 3.43. The summed E-state index contributed by atoms with van der Waals surface area (Å²) < 4.78 is 0. The monoisotopic (exact) mass is 280 g/mol. The molecule has 1 aliphatic heterocycles. The van der Waals surface area contributed by atoms with Crippen LogP contribution < -0.4 is 0 Å². The maximum atomic E-state index is 11.4. The average Bonchev–Trinajstić information content (AvgIpc) is 2.79. The largest absolute Gasteiger partial charge is 0.300 e. The SMILES string of the molecule is CCCc1nc(CN2CCCCC2CC(C)=O)cs1. The molecule has 2 heterocycles. The highest BCUT2D eigenvalue weighted by Crippen LogP contribution is 2.23. The van der Waals surface area contributed by atoms with E-state index in [2.05, 4.69) is 17.2 Å². The Morgan fingerprint density at radius 3 is 3.11 bits per heavy atom. The summed E-state index contributed by atoms with van der Waals surface area (Å²) in [6.45, 7) is 5.92. The molecule has 1 saturated heterocycles. The first-order valence-electron chi connectivity index (χ1n) is 7.35. The number of aryl methyl sites for hydroxylation is 1. The third-order valence-electron chi connectivity index (χ3n) is 3.70. The molecule has 1 aliphatic rings. The number of nitrogens with zero attached hydrogens (tertiary/aromatic N) is 2. The van der Waals surface area contributed by atoms with Gasteiger partial charge in [-0.15, -0.1) is 11.3 Å². The Balaban J connectivity index is 1.95. The minimum atomic E-state index is 0.307. The lowest BCUT2D eigenvalue weighted by Crippen LogP contribution is -2.40. The number of rotatable bonds is 6. The number of ketones is 1. The molecule has 1 unspecified atom stereocenters. The van der Waals surface area contributed by atoms with Crippen LogP contribution in [0.25, 0.3) is 0 Å². The molecule has 0 radical (unpaired) electrons. The van der Waals surface area contributed by atoms with Gasteiger partial charge in [0, 0.05) is 24.4 Å². The van der Waals surface area contributed by atoms with Gasteiger partial charge < -0.3 is 0 Å². The van der Waals surface area contributed by atoms with Gasteiger partial charge in [-0.3, -0.25) is 9.69 Å². The second kappa shape index (κ2) is 7.15. The second-order valence-electron chi connectivity index (χ2n) is 5.51. The number of hydrogen-bond acceptors (Lipinski definition) is 4. The van der Waals surface area contributed by atoms with Gasteiger partial charge in [0.05, 0.1) is 10.7 Å². The molecule has 1 aromatic rings. The smallest absolute Gasteiger partial charge is 0.131 e. The van der Waals surface area contributed by atoms with Gasteiger partial charge in [-0.1, -0.05) is 13.3 Å². The molecule has 3 nitrogen and oxygen atoms in total. The zero-order valence-corrected chi connectivity index (χ0v) is 12.8. The Morgan fingerprint density at radius 1 is 1.53 bits per heavy atom. The van der Waals surface area contributed by atoms with Gasteiger partial charge in [0.2, 0.25) is 0 Å². The van der Waals surface area contributed by atoms with Crippen molar-refractivity contribution in [1.29, 1.82) is 0 Å². The van der Waals surface area contributed by atoms with Gasteiger partial charge in [-0.2, -0.15) is 0 Å². The lowest BCUT2D eigenvalue weighted by molar-refractivity contribution is -0.118. The van der Waals surface area contributed by atoms with E-state index in [9.17, 15) is 4.79 Å². The van der Waals surface area contributed by atoms with Crippen LogP contribution in [0.1, 0.15) is 56.7 Å². The van der Waals surface area contributed by atoms with E-state index in [-0.39, 0.29) is 0 Å². The Bertz CT molecular complexity index is 416. The first kappa shape index (κ1) is 14.7. The van der Waals surface area contributed by atoms with Crippen LogP contribution in [0.4, 0.5) is 0 Å². The summed E-state index contributed by atoms with van der Waals surface area (Å²) in [4.78, 5) is 18.5. The van der Waals surface area contributed by atoms with Crippen LogP contribution >= 0.6 is 11.3 Å². The van der Waals surface area contributed by atoms with Crippen molar-refractivity contribution in [3.8, 4) is 0 Å². The molecular formula is C15H24N2OS. The van der Waals surface area contributed by atoms with E-state index in [0.29, 0.717) is 18.2 Å². The third-order valence-corrected chi connectivity index (χ3v) is 4.66. The summed E-state index contributed by atoms with van der Waals surface area (Å²) in [6, 6.07) is 0.433. The topological polar surface area (TPSA) is 33.2 Å². The number of piperidine rings is 1. The molecule has 0 aliphatic carbocycles. The van der Waals surface area contributed by atoms with Gasteiger partial charge in [-0.05, 0) is 39.2 Å². The maximum absolute atomic E-state index is 11.4. The van der Waals surface area contributed by atoms with Gasteiger partial charge in [0.1, 0.15) is 5.78 Å². The van der Waals surface area contributed by atoms with Crippen LogP contribution in [-0.2, 0) is 17.8 Å². The fraction of sp³-hybridized carbons (Fsp3) is 0.733. The zero-order chi connectivity index (χ0) is 13.7. The van der Waals surface area contributed by atoms with Crippen molar-refractivity contribution in [2.45, 2.75) is 65.0 Å². The van der Waals surface area contributed by atoms with Crippen LogP contribution in [0.5, 0.6) is 0 Å². The van der Waals surface area contributed by atoms with Gasteiger partial charge >= 0.3 is 0 Å². The van der Waals surface area contributed by atoms with Gasteiger partial charge in [0.25, 0.3) is 0 Å². The summed E-state index contributed by atoms with van der Waals surface area (Å²) in [7, 11) is 0. The number of thiazole rings is 1. The lowest BCUT2D eigenvalue weighted by atomic mass is 9.97. The Morgan fingerprint density at radius 2 is 2.37 bits per heavy atom. The molecular weight excluding hydrogens is 256 g/mol. The number of likely N-dealkylation sites (tertiary alicyclic amines) is 1. The Hall–Kier alpha value is -0.740. The molecule has 0 saturated carbocycles. The van der Waals surface area contributed by atoms with Crippen LogP contribution in [0.15, 0.2) is 5.38 Å². The zero-order valence-electron chi connectivity index (χ0n) is 12.0. The molecule has 1 aromatic heterocycles. The fourth-order valence-electron chi connectivity index (χ4n) is 2.79. The molecule has 2 rings (SSSR count). The molecule has 19 heavy (non-hydrogen) atoms. The minimum Gasteiger partial charge on any atom is -0.300 e. The van der Waals surface area contributed by atoms with Crippen molar-refractivity contribution in [2.24, 2.45) is 0 Å². The molecule has 0 amide bonds. The van der Waals surface area contributed by atoms with Crippen LogP contribution in [0.2, 0.25) is 0 Å². The maximum Gasteiger partial charge on any atom is 0.131 e. The van der Waals surface area contributed by atoms with Gasteiger partial charge in [0.15, 0.2) is 0 Å². The first-order chi connectivity index (χ1) is 9.19. The third kappa shape index (κ3) is 4.39. The predicted octanol–water partition coefficient (Wildman–Crippen LogP) is 3.43. The number of carbonyl (C=O) groups is 1. The van der Waals surface area contributed by atoms with E-state index >= 15 is 0 Å². The summed E-state index contributed by atoms with van der Waals surface area (Å²) in [6.07, 6.45) is 6.61. The van der Waals surface area contributed by atoms with Crippen molar-refractivity contribution in [2.75, 3.05) is 6.54 Å². The lowest BCUT2D eigenvalue weighted by Gasteiger charge is -2.34. The molecule has 0 bridgehead atoms. The standard InChI is InChI=1S/C15H24N2OS/c1-3-6-15-16-13(11-19-15)10-17-8-5-4-7-14(17)9-12(2)18/h11,14H,3-10H2,1-2H3. The number of aromatic nitrogens is 1. The van der Waals surface area contributed by atoms with Crippen LogP contribution in [0, 0.1) is 0 Å². The number of hydrogen-bond donors (Lipinski definition) is 0. The van der Waals surface area contributed by atoms with Crippen LogP contribution in [-0.4, -0.2) is 28.3 Å². The molecule has 1 fully saturated rings. The Kier molecular flexibility index (Phi) is 5.52. The van der Waals surface area contributed by atoms with Crippen molar-refractivity contribution >= 4 is 17.1 Å². The van der Waals surface area contributed by atoms with E-state index in [0.717, 1.165) is 32.4 Å². The highest BCUT2D eigenvalue weighted by molar-refractivity contribution is 7.09. The summed E-state index contributed by atoms with van der Waals surface area (Å²) >= 11 is 1.77. The highest BCUT2D eigenvalue weighted by Gasteiger charge is 2.24. The minimum absolute atomic E-state index is 0.307. The summed E-state index contributed by atoms with van der Waals surface area (Å²) in [5.41, 5.74) is 1.18. The van der Waals surface area contributed by atoms with Crippen molar-refractivity contribution < 1.29 is 4.79 Å². The summed E-state index contributed by atoms with van der Waals surface area (Å²) in [5.74, 6) is 0.307. The number of carbonyl (C=O) groups excluding carboxylic acids is 1. The van der Waals surface area contributed by atoms with Crippen molar-refractivity contribution in [1.82, 2.24) is 9.88 Å². The second-order valence-corrected chi connectivity index (χ2v) is 6.45. The average molecular weight is 280 g/mol. The van der Waals surface area contributed by atoms with Crippen LogP contribution in [0.3, 0.4) is 0 Å². The Labute approximate surface area is 120 Å². The molecule has 0 N–H and O–H groups in total. The quantitative estimate of drug-likeness (QED) is 0.800. The molecule has 4 heteroatoms. The first-order valence-corrected chi connectivity index (χ1v) is 8.23. The van der Waals surface area contributed by atoms with E-state index in [1.54, 1.807) is 18.3 Å². The number of Topliss-reactive ketones (excluding diaryl/α,β-unsaturated/α-hetero) is 1. The molecule has 106 valence electrons. The normalized spacial score (nSPS) is 20.6. The van der Waals surface area contributed by atoms with E-state index in [4.69, 9.17) is 4.98 Å². The van der Waals surface area contributed by atoms with E-state index in [1.807, 2.05) is 0 Å². The van der Waals surface area contributed by atoms with Gasteiger partial charge in [-0.25, -0.2) is 4.98 Å². The van der Waals surface area contributed by atoms with Crippen molar-refractivity contribution in [3.63, 3.8) is 0 Å². The molecule has 1 atom stereocenters. The van der Waals surface area contributed by atoms with Crippen molar-refractivity contribution in [3.05, 3.63) is 16.1 Å².